The van der Waals surface area contributed by atoms with Crippen LogP contribution in [0.5, 0.6) is 0 Å². The number of nitriles is 1. The molecular formula is C16H25N3O5. The molecule has 2 N–H and O–H groups in total. The normalized spacial score (nSPS) is 16.3. The van der Waals surface area contributed by atoms with Gasteiger partial charge in [-0.1, -0.05) is 0 Å². The maximum atomic E-state index is 11.8. The molecule has 0 radical (unpaired) electrons. The van der Waals surface area contributed by atoms with Crippen LogP contribution in [0.1, 0.15) is 47.0 Å². The third-order valence-corrected chi connectivity index (χ3v) is 3.39. The second kappa shape index (κ2) is 7.99. The molecule has 1 saturated carbocycles. The van der Waals surface area contributed by atoms with Crippen LogP contribution in [-0.2, 0) is 19.1 Å². The molecule has 2 amide bonds. The van der Waals surface area contributed by atoms with Gasteiger partial charge in [-0.25, -0.2) is 4.79 Å². The molecule has 1 rings (SSSR count). The first-order valence-corrected chi connectivity index (χ1v) is 7.90. The smallest absolute Gasteiger partial charge is 0.407 e. The molecule has 1 aliphatic carbocycles. The van der Waals surface area contributed by atoms with Crippen LogP contribution in [-0.4, -0.2) is 42.3 Å². The molecule has 0 heterocycles. The molecule has 24 heavy (non-hydrogen) atoms. The van der Waals surface area contributed by atoms with Crippen molar-refractivity contribution in [2.45, 2.75) is 58.1 Å². The Morgan fingerprint density at radius 3 is 2.33 bits per heavy atom. The topological polar surface area (TPSA) is 118 Å². The first-order chi connectivity index (χ1) is 11.1. The van der Waals surface area contributed by atoms with E-state index in [1.54, 1.807) is 27.7 Å². The SMILES string of the molecule is CC(C)(C)OC(=O)NCCC(=O)OCC(=O)N[C@](C)(C#N)C1CC1. The van der Waals surface area contributed by atoms with Gasteiger partial charge in [0.2, 0.25) is 0 Å². The van der Waals surface area contributed by atoms with E-state index in [1.807, 2.05) is 0 Å². The molecule has 0 aliphatic heterocycles. The van der Waals surface area contributed by atoms with Crippen molar-refractivity contribution in [1.82, 2.24) is 10.6 Å². The summed E-state index contributed by atoms with van der Waals surface area (Å²) in [6.45, 7) is 6.46. The molecule has 1 aliphatic rings. The minimum Gasteiger partial charge on any atom is -0.456 e. The van der Waals surface area contributed by atoms with Crippen molar-refractivity contribution in [2.24, 2.45) is 5.92 Å². The zero-order chi connectivity index (χ0) is 18.4. The number of carbonyl (C=O) groups is 3. The highest BCUT2D eigenvalue weighted by Gasteiger charge is 2.43. The van der Waals surface area contributed by atoms with E-state index in [4.69, 9.17) is 14.7 Å². The number of rotatable bonds is 7. The van der Waals surface area contributed by atoms with Crippen molar-refractivity contribution in [3.63, 3.8) is 0 Å². The van der Waals surface area contributed by atoms with Gasteiger partial charge in [0.05, 0.1) is 12.5 Å². The summed E-state index contributed by atoms with van der Waals surface area (Å²) in [5.74, 6) is -0.981. The Morgan fingerprint density at radius 2 is 1.83 bits per heavy atom. The van der Waals surface area contributed by atoms with Gasteiger partial charge in [-0.05, 0) is 46.5 Å². The largest absolute Gasteiger partial charge is 0.456 e. The van der Waals surface area contributed by atoms with Crippen molar-refractivity contribution >= 4 is 18.0 Å². The third-order valence-electron chi connectivity index (χ3n) is 3.39. The molecule has 8 heteroatoms. The fourth-order valence-electron chi connectivity index (χ4n) is 2.01. The number of nitrogens with one attached hydrogen (secondary N) is 2. The van der Waals surface area contributed by atoms with Crippen molar-refractivity contribution in [1.29, 1.82) is 5.26 Å². The predicted octanol–water partition coefficient (Wildman–Crippen LogP) is 1.25. The first-order valence-electron chi connectivity index (χ1n) is 7.90. The Hall–Kier alpha value is -2.30. The number of hydrogen-bond donors (Lipinski definition) is 2. The number of esters is 1. The van der Waals surface area contributed by atoms with Crippen molar-refractivity contribution in [3.8, 4) is 6.07 Å². The summed E-state index contributed by atoms with van der Waals surface area (Å²) in [6, 6.07) is 2.09. The summed E-state index contributed by atoms with van der Waals surface area (Å²) in [5, 5.41) is 14.2. The molecule has 134 valence electrons. The first kappa shape index (κ1) is 19.7. The minimum absolute atomic E-state index is 0.0490. The highest BCUT2D eigenvalue weighted by Crippen LogP contribution is 2.39. The number of ether oxygens (including phenoxy) is 2. The molecule has 1 fully saturated rings. The summed E-state index contributed by atoms with van der Waals surface area (Å²) in [4.78, 5) is 34.7. The van der Waals surface area contributed by atoms with Gasteiger partial charge in [-0.3, -0.25) is 9.59 Å². The summed E-state index contributed by atoms with van der Waals surface area (Å²) in [7, 11) is 0. The second-order valence-electron chi connectivity index (χ2n) is 6.98. The quantitative estimate of drug-likeness (QED) is 0.674. The molecule has 0 aromatic heterocycles. The molecule has 0 spiro atoms. The van der Waals surface area contributed by atoms with Gasteiger partial charge in [0.15, 0.2) is 6.61 Å². The zero-order valence-electron chi connectivity index (χ0n) is 14.6. The maximum Gasteiger partial charge on any atom is 0.407 e. The fraction of sp³-hybridized carbons (Fsp3) is 0.750. The van der Waals surface area contributed by atoms with E-state index < -0.39 is 35.7 Å². The number of hydrogen-bond acceptors (Lipinski definition) is 6. The van der Waals surface area contributed by atoms with Gasteiger partial charge in [-0.2, -0.15) is 5.26 Å². The van der Waals surface area contributed by atoms with Crippen LogP contribution in [0.2, 0.25) is 0 Å². The molecule has 8 nitrogen and oxygen atoms in total. The Morgan fingerprint density at radius 1 is 1.21 bits per heavy atom. The minimum atomic E-state index is -0.915. The Labute approximate surface area is 141 Å². The van der Waals surface area contributed by atoms with Gasteiger partial charge >= 0.3 is 12.1 Å². The third kappa shape index (κ3) is 7.31. The van der Waals surface area contributed by atoms with E-state index >= 15 is 0 Å². The molecule has 0 aromatic carbocycles. The zero-order valence-corrected chi connectivity index (χ0v) is 14.6. The number of alkyl carbamates (subject to hydrolysis) is 1. The maximum absolute atomic E-state index is 11.8. The Kier molecular flexibility index (Phi) is 6.58. The molecule has 1 atom stereocenters. The van der Waals surface area contributed by atoms with Gasteiger partial charge in [0.25, 0.3) is 5.91 Å². The number of carbonyl (C=O) groups excluding carboxylic acids is 3. The molecule has 0 unspecified atom stereocenters. The lowest BCUT2D eigenvalue weighted by Gasteiger charge is -2.22. The van der Waals surface area contributed by atoms with Gasteiger partial charge < -0.3 is 20.1 Å². The molecule has 0 aromatic rings. The number of amides is 2. The Balaban J connectivity index is 2.20. The fourth-order valence-corrected chi connectivity index (χ4v) is 2.01. The monoisotopic (exact) mass is 339 g/mol. The highest BCUT2D eigenvalue weighted by molar-refractivity contribution is 5.81. The van der Waals surface area contributed by atoms with Crippen molar-refractivity contribution < 1.29 is 23.9 Å². The van der Waals surface area contributed by atoms with E-state index in [0.717, 1.165) is 12.8 Å². The lowest BCUT2D eigenvalue weighted by atomic mass is 9.98. The van der Waals surface area contributed by atoms with E-state index in [1.165, 1.54) is 0 Å². The van der Waals surface area contributed by atoms with Crippen LogP contribution in [0.3, 0.4) is 0 Å². The van der Waals surface area contributed by atoms with E-state index in [0.29, 0.717) is 0 Å². The lowest BCUT2D eigenvalue weighted by Crippen LogP contribution is -2.48. The van der Waals surface area contributed by atoms with Crippen LogP contribution in [0.25, 0.3) is 0 Å². The van der Waals surface area contributed by atoms with E-state index in [-0.39, 0.29) is 18.9 Å². The Bertz CT molecular complexity index is 531. The van der Waals surface area contributed by atoms with Crippen LogP contribution < -0.4 is 10.6 Å². The summed E-state index contributed by atoms with van der Waals surface area (Å²) in [5.41, 5.74) is -1.53. The molecular weight excluding hydrogens is 314 g/mol. The van der Waals surface area contributed by atoms with Gasteiger partial charge in [-0.15, -0.1) is 0 Å². The number of nitrogens with zero attached hydrogens (tertiary/aromatic N) is 1. The van der Waals surface area contributed by atoms with Crippen LogP contribution in [0.15, 0.2) is 0 Å². The summed E-state index contributed by atoms with van der Waals surface area (Å²) in [6.07, 6.45) is 1.10. The average molecular weight is 339 g/mol. The van der Waals surface area contributed by atoms with Crippen molar-refractivity contribution in [3.05, 3.63) is 0 Å². The van der Waals surface area contributed by atoms with Gasteiger partial charge in [0.1, 0.15) is 11.1 Å². The predicted molar refractivity (Wildman–Crippen MR) is 84.7 cm³/mol. The summed E-state index contributed by atoms with van der Waals surface area (Å²) < 4.78 is 9.84. The standard InChI is InChI=1S/C16H25N3O5/c1-15(2,3)24-14(22)18-8-7-13(21)23-9-12(20)19-16(4,10-17)11-5-6-11/h11H,5-9H2,1-4H3,(H,18,22)(H,19,20)/t16-/m1/s1. The lowest BCUT2D eigenvalue weighted by molar-refractivity contribution is -0.148. The molecule has 0 saturated heterocycles. The molecule has 0 bridgehead atoms. The average Bonchev–Trinajstić information content (AvgIpc) is 3.28. The van der Waals surface area contributed by atoms with E-state index in [9.17, 15) is 14.4 Å². The summed E-state index contributed by atoms with van der Waals surface area (Å²) >= 11 is 0. The van der Waals surface area contributed by atoms with Crippen molar-refractivity contribution in [2.75, 3.05) is 13.2 Å². The second-order valence-corrected chi connectivity index (χ2v) is 6.98. The van der Waals surface area contributed by atoms with E-state index in [2.05, 4.69) is 16.7 Å². The van der Waals surface area contributed by atoms with Crippen LogP contribution >= 0.6 is 0 Å². The van der Waals surface area contributed by atoms with Crippen LogP contribution in [0.4, 0.5) is 4.79 Å². The van der Waals surface area contributed by atoms with Crippen LogP contribution in [0, 0.1) is 17.2 Å². The van der Waals surface area contributed by atoms with Gasteiger partial charge in [0, 0.05) is 6.54 Å². The highest BCUT2D eigenvalue weighted by atomic mass is 16.6.